The Labute approximate surface area is 89.9 Å². The van der Waals surface area contributed by atoms with Crippen LogP contribution in [-0.4, -0.2) is 9.61 Å². The van der Waals surface area contributed by atoms with Crippen molar-refractivity contribution >= 4 is 5.52 Å². The Morgan fingerprint density at radius 1 is 1.33 bits per heavy atom. The van der Waals surface area contributed by atoms with E-state index >= 15 is 0 Å². The molecular formula is C13H14N2. The average molecular weight is 198 g/mol. The van der Waals surface area contributed by atoms with Gasteiger partial charge in [0.05, 0.1) is 16.8 Å². The molecule has 0 aliphatic rings. The molecule has 0 N–H and O–H groups in total. The summed E-state index contributed by atoms with van der Waals surface area (Å²) in [4.78, 5) is 0. The zero-order chi connectivity index (χ0) is 11.1. The molecule has 0 atom stereocenters. The fraction of sp³-hybridized carbons (Fsp3) is 0.308. The van der Waals surface area contributed by atoms with Crippen molar-refractivity contribution in [2.24, 2.45) is 0 Å². The zero-order valence-electron chi connectivity index (χ0n) is 9.28. The van der Waals surface area contributed by atoms with E-state index in [2.05, 4.69) is 31.8 Å². The van der Waals surface area contributed by atoms with Crippen molar-refractivity contribution < 1.29 is 0 Å². The van der Waals surface area contributed by atoms with E-state index < -0.39 is 0 Å². The minimum Gasteiger partial charge on any atom is -0.239 e. The molecule has 0 amide bonds. The highest BCUT2D eigenvalue weighted by Crippen LogP contribution is 2.26. The van der Waals surface area contributed by atoms with E-state index in [9.17, 15) is 0 Å². The van der Waals surface area contributed by atoms with E-state index in [1.807, 2.05) is 28.9 Å². The molecule has 0 saturated carbocycles. The molecule has 76 valence electrons. The predicted octanol–water partition coefficient (Wildman–Crippen LogP) is 2.61. The second-order valence-electron chi connectivity index (χ2n) is 4.65. The number of fused-ring (bicyclic) bond motifs is 1. The quantitative estimate of drug-likeness (QED) is 0.595. The van der Waals surface area contributed by atoms with Crippen molar-refractivity contribution in [3.05, 3.63) is 35.7 Å². The largest absolute Gasteiger partial charge is 0.239 e. The zero-order valence-corrected chi connectivity index (χ0v) is 9.28. The number of pyridine rings is 1. The van der Waals surface area contributed by atoms with E-state index in [4.69, 9.17) is 6.42 Å². The maximum Gasteiger partial charge on any atom is 0.0844 e. The molecule has 0 radical (unpaired) electrons. The van der Waals surface area contributed by atoms with Gasteiger partial charge in [-0.2, -0.15) is 5.10 Å². The highest BCUT2D eigenvalue weighted by atomic mass is 15.2. The van der Waals surface area contributed by atoms with Gasteiger partial charge >= 0.3 is 0 Å². The molecular weight excluding hydrogens is 184 g/mol. The fourth-order valence-electron chi connectivity index (χ4n) is 1.67. The Balaban J connectivity index is 2.83. The summed E-state index contributed by atoms with van der Waals surface area (Å²) < 4.78 is 1.84. The first-order valence-electron chi connectivity index (χ1n) is 4.98. The summed E-state index contributed by atoms with van der Waals surface area (Å²) in [5, 5.41) is 4.53. The number of nitrogens with zero attached hydrogens (tertiary/aromatic N) is 2. The van der Waals surface area contributed by atoms with Crippen molar-refractivity contribution in [2.75, 3.05) is 0 Å². The predicted molar refractivity (Wildman–Crippen MR) is 61.8 cm³/mol. The van der Waals surface area contributed by atoms with Crippen LogP contribution in [0, 0.1) is 12.3 Å². The third-order valence-electron chi connectivity index (χ3n) is 2.39. The number of hydrogen-bond donors (Lipinski definition) is 0. The van der Waals surface area contributed by atoms with Crippen molar-refractivity contribution in [3.8, 4) is 12.3 Å². The van der Waals surface area contributed by atoms with Crippen LogP contribution in [-0.2, 0) is 5.41 Å². The Morgan fingerprint density at radius 2 is 2.07 bits per heavy atom. The van der Waals surface area contributed by atoms with Crippen LogP contribution in [0.4, 0.5) is 0 Å². The molecule has 0 bridgehead atoms. The summed E-state index contributed by atoms with van der Waals surface area (Å²) in [6, 6.07) is 5.93. The van der Waals surface area contributed by atoms with Crippen molar-refractivity contribution in [2.45, 2.75) is 26.2 Å². The van der Waals surface area contributed by atoms with E-state index in [0.717, 1.165) is 16.8 Å². The van der Waals surface area contributed by atoms with E-state index in [0.29, 0.717) is 0 Å². The first-order chi connectivity index (χ1) is 7.04. The normalized spacial score (nSPS) is 11.6. The Morgan fingerprint density at radius 3 is 2.67 bits per heavy atom. The molecule has 2 nitrogen and oxygen atoms in total. The van der Waals surface area contributed by atoms with Crippen LogP contribution in [0.25, 0.3) is 5.52 Å². The summed E-state index contributed by atoms with van der Waals surface area (Å²) in [5.41, 5.74) is 2.87. The Kier molecular flexibility index (Phi) is 2.04. The number of aromatic nitrogens is 2. The van der Waals surface area contributed by atoms with Crippen molar-refractivity contribution in [1.82, 2.24) is 9.61 Å². The van der Waals surface area contributed by atoms with Gasteiger partial charge in [-0.25, -0.2) is 4.52 Å². The molecule has 2 rings (SSSR count). The Bertz CT molecular complexity index is 536. The van der Waals surface area contributed by atoms with Gasteiger partial charge in [0, 0.05) is 11.6 Å². The number of rotatable bonds is 0. The number of terminal acetylenes is 1. The highest BCUT2D eigenvalue weighted by molar-refractivity contribution is 5.64. The maximum absolute atomic E-state index is 5.55. The topological polar surface area (TPSA) is 17.3 Å². The van der Waals surface area contributed by atoms with Crippen LogP contribution in [0.1, 0.15) is 32.0 Å². The summed E-state index contributed by atoms with van der Waals surface area (Å²) in [6.07, 6.45) is 7.48. The summed E-state index contributed by atoms with van der Waals surface area (Å²) >= 11 is 0. The second-order valence-corrected chi connectivity index (χ2v) is 4.65. The van der Waals surface area contributed by atoms with Gasteiger partial charge in [-0.05, 0) is 12.1 Å². The fourth-order valence-corrected chi connectivity index (χ4v) is 1.67. The standard InChI is InChI=1S/C13H14N2/c1-5-10-11-8-6-7-9-15(11)14-12(10)13(2,3)4/h1,6-9H,2-4H3. The first kappa shape index (κ1) is 9.79. The van der Waals surface area contributed by atoms with Crippen molar-refractivity contribution in [3.63, 3.8) is 0 Å². The van der Waals surface area contributed by atoms with Crippen LogP contribution in [0.3, 0.4) is 0 Å². The van der Waals surface area contributed by atoms with E-state index in [1.54, 1.807) is 0 Å². The van der Waals surface area contributed by atoms with E-state index in [-0.39, 0.29) is 5.41 Å². The Hall–Kier alpha value is -1.75. The molecule has 2 aromatic rings. The summed E-state index contributed by atoms with van der Waals surface area (Å²) in [7, 11) is 0. The SMILES string of the molecule is C#Cc1c(C(C)(C)C)nn2ccccc12. The lowest BCUT2D eigenvalue weighted by Gasteiger charge is -2.15. The molecule has 0 aliphatic carbocycles. The maximum atomic E-state index is 5.55. The molecule has 0 saturated heterocycles. The first-order valence-corrected chi connectivity index (χ1v) is 4.98. The van der Waals surface area contributed by atoms with Gasteiger partial charge in [-0.15, -0.1) is 6.42 Å². The molecule has 0 aliphatic heterocycles. The van der Waals surface area contributed by atoms with Crippen LogP contribution in [0.5, 0.6) is 0 Å². The molecule has 2 heteroatoms. The van der Waals surface area contributed by atoms with Crippen molar-refractivity contribution in [1.29, 1.82) is 0 Å². The van der Waals surface area contributed by atoms with E-state index in [1.165, 1.54) is 0 Å². The lowest BCUT2D eigenvalue weighted by atomic mass is 9.89. The van der Waals surface area contributed by atoms with Gasteiger partial charge in [0.2, 0.25) is 0 Å². The monoisotopic (exact) mass is 198 g/mol. The number of hydrogen-bond acceptors (Lipinski definition) is 1. The van der Waals surface area contributed by atoms with Gasteiger partial charge in [0.15, 0.2) is 0 Å². The van der Waals surface area contributed by atoms with Gasteiger partial charge < -0.3 is 0 Å². The molecule has 15 heavy (non-hydrogen) atoms. The van der Waals surface area contributed by atoms with Crippen LogP contribution in [0.15, 0.2) is 24.4 Å². The average Bonchev–Trinajstić information content (AvgIpc) is 2.55. The molecule has 2 aromatic heterocycles. The smallest absolute Gasteiger partial charge is 0.0844 e. The van der Waals surface area contributed by atoms with Gasteiger partial charge in [0.1, 0.15) is 0 Å². The molecule has 0 aromatic carbocycles. The molecule has 0 spiro atoms. The third kappa shape index (κ3) is 1.50. The second kappa shape index (κ2) is 3.13. The summed E-state index contributed by atoms with van der Waals surface area (Å²) in [6.45, 7) is 6.36. The minimum absolute atomic E-state index is 0.0201. The molecule has 2 heterocycles. The summed E-state index contributed by atoms with van der Waals surface area (Å²) in [5.74, 6) is 2.74. The van der Waals surface area contributed by atoms with Crippen LogP contribution < -0.4 is 0 Å². The molecule has 0 unspecified atom stereocenters. The molecule has 0 fully saturated rings. The minimum atomic E-state index is -0.0201. The van der Waals surface area contributed by atoms with Crippen LogP contribution >= 0.6 is 0 Å². The van der Waals surface area contributed by atoms with Crippen LogP contribution in [0.2, 0.25) is 0 Å². The van der Waals surface area contributed by atoms with Gasteiger partial charge in [-0.3, -0.25) is 0 Å². The van der Waals surface area contributed by atoms with Gasteiger partial charge in [0.25, 0.3) is 0 Å². The third-order valence-corrected chi connectivity index (χ3v) is 2.39. The lowest BCUT2D eigenvalue weighted by molar-refractivity contribution is 0.561. The van der Waals surface area contributed by atoms with Gasteiger partial charge in [-0.1, -0.05) is 32.8 Å². The highest BCUT2D eigenvalue weighted by Gasteiger charge is 2.22. The lowest BCUT2D eigenvalue weighted by Crippen LogP contribution is -2.13.